The molecule has 2 bridgehead atoms. The van der Waals surface area contributed by atoms with Gasteiger partial charge in [0, 0.05) is 29.8 Å². The zero-order chi connectivity index (χ0) is 19.4. The van der Waals surface area contributed by atoms with Gasteiger partial charge in [-0.1, -0.05) is 0 Å². The van der Waals surface area contributed by atoms with Crippen molar-refractivity contribution >= 4 is 11.5 Å². The maximum atomic E-state index is 12.8. The number of nitrogens with zero attached hydrogens (tertiary/aromatic N) is 1. The van der Waals surface area contributed by atoms with Gasteiger partial charge in [-0.05, 0) is 38.4 Å². The molecule has 2 aliphatic carbocycles. The number of ketones is 1. The predicted octanol–water partition coefficient (Wildman–Crippen LogP) is 0.630. The Hall–Kier alpha value is -1.79. The summed E-state index contributed by atoms with van der Waals surface area (Å²) < 4.78 is 33.6. The number of rotatable bonds is 1. The Balaban J connectivity index is 1.81. The van der Waals surface area contributed by atoms with Crippen molar-refractivity contribution in [1.82, 2.24) is 4.90 Å². The Morgan fingerprint density at radius 3 is 3.17 bits per heavy atom. The molecule has 2 aliphatic heterocycles. The van der Waals surface area contributed by atoms with Gasteiger partial charge in [0.1, 0.15) is 0 Å². The molecule has 1 saturated heterocycles. The van der Waals surface area contributed by atoms with Gasteiger partial charge < -0.3 is 25.2 Å². The molecule has 3 N–H and O–H groups in total. The van der Waals surface area contributed by atoms with E-state index in [0.717, 1.165) is 5.56 Å². The van der Waals surface area contributed by atoms with E-state index in [-0.39, 0.29) is 29.7 Å². The number of methoxy groups -OCH3 is 1. The topological polar surface area (TPSA) is 85.0 Å². The lowest BCUT2D eigenvalue weighted by Gasteiger charge is -2.62. The van der Waals surface area contributed by atoms with Crippen molar-refractivity contribution < 1.29 is 23.5 Å². The molecule has 1 spiro atoms. The summed E-state index contributed by atoms with van der Waals surface area (Å²) in [6, 6.07) is 1.31. The third kappa shape index (κ3) is 1.32. The molecule has 1 unspecified atom stereocenters. The summed E-state index contributed by atoms with van der Waals surface area (Å²) in [5.74, 6) is 0.213. The van der Waals surface area contributed by atoms with E-state index in [1.165, 1.54) is 6.07 Å². The average Bonchev–Trinajstić information content (AvgIpc) is 2.90. The summed E-state index contributed by atoms with van der Waals surface area (Å²) >= 11 is 0. The molecule has 1 aromatic carbocycles. The number of carbonyl (C=O) groups excluding carboxylic acids is 1. The van der Waals surface area contributed by atoms with E-state index in [9.17, 15) is 9.90 Å². The highest BCUT2D eigenvalue weighted by atomic mass is 16.5. The van der Waals surface area contributed by atoms with E-state index in [2.05, 4.69) is 4.90 Å². The third-order valence-corrected chi connectivity index (χ3v) is 6.78. The average molecular weight is 333 g/mol. The largest absolute Gasteiger partial charge is 0.493 e. The number of ether oxygens (including phenoxy) is 2. The standard InChI is InChI=1S/C18H22N2O4/c1-20-6-5-17-14-9-7-13(20)18(17,22)4-3-11(21)16(17)24-15(14)12(23-2)8-10(9)19/h8,13,16,22H,3-7,19H2,1-2H3/t13?,16-,17-,18+/m0/s1/i2D3. The number of nitrogens with two attached hydrogens (primary N) is 1. The number of carbonyl (C=O) groups is 1. The second-order valence-corrected chi connectivity index (χ2v) is 7.56. The molecule has 0 amide bonds. The zero-order valence-corrected chi connectivity index (χ0v) is 13.5. The van der Waals surface area contributed by atoms with Gasteiger partial charge in [0.15, 0.2) is 23.4 Å². The molecule has 24 heavy (non-hydrogen) atoms. The van der Waals surface area contributed by atoms with Crippen LogP contribution in [-0.2, 0) is 16.6 Å². The maximum absolute atomic E-state index is 12.8. The van der Waals surface area contributed by atoms with E-state index in [1.807, 2.05) is 7.05 Å². The first-order valence-corrected chi connectivity index (χ1v) is 8.35. The smallest absolute Gasteiger partial charge is 0.174 e. The van der Waals surface area contributed by atoms with Gasteiger partial charge >= 0.3 is 0 Å². The molecule has 0 radical (unpaired) electrons. The van der Waals surface area contributed by atoms with E-state index in [1.54, 1.807) is 0 Å². The van der Waals surface area contributed by atoms with Crippen LogP contribution >= 0.6 is 0 Å². The van der Waals surface area contributed by atoms with Crippen molar-refractivity contribution in [3.63, 3.8) is 0 Å². The Labute approximate surface area is 144 Å². The summed E-state index contributed by atoms with van der Waals surface area (Å²) in [6.45, 7) is 0.712. The molecule has 128 valence electrons. The van der Waals surface area contributed by atoms with E-state index in [4.69, 9.17) is 19.3 Å². The van der Waals surface area contributed by atoms with Crippen LogP contribution in [0, 0.1) is 0 Å². The Morgan fingerprint density at radius 2 is 2.38 bits per heavy atom. The van der Waals surface area contributed by atoms with Crippen LogP contribution < -0.4 is 15.2 Å². The lowest BCUT2D eigenvalue weighted by molar-refractivity contribution is -0.185. The molecule has 4 atom stereocenters. The predicted molar refractivity (Wildman–Crippen MR) is 87.4 cm³/mol. The molecule has 2 heterocycles. The third-order valence-electron chi connectivity index (χ3n) is 6.78. The number of anilines is 1. The van der Waals surface area contributed by atoms with Gasteiger partial charge in [0.2, 0.25) is 0 Å². The number of piperidine rings is 1. The molecular weight excluding hydrogens is 308 g/mol. The summed E-state index contributed by atoms with van der Waals surface area (Å²) in [5.41, 5.74) is 6.20. The number of aliphatic hydroxyl groups is 1. The van der Waals surface area contributed by atoms with Crippen LogP contribution in [0.3, 0.4) is 0 Å². The van der Waals surface area contributed by atoms with Crippen molar-refractivity contribution in [2.24, 2.45) is 0 Å². The quantitative estimate of drug-likeness (QED) is 0.733. The van der Waals surface area contributed by atoms with Gasteiger partial charge in [0.25, 0.3) is 0 Å². The maximum Gasteiger partial charge on any atom is 0.174 e. The molecule has 1 saturated carbocycles. The number of likely N-dealkylation sites (N-methyl/N-ethyl adjacent to an activating group) is 1. The lowest BCUT2D eigenvalue weighted by atomic mass is 9.49. The lowest BCUT2D eigenvalue weighted by Crippen LogP contribution is -2.76. The first-order chi connectivity index (χ1) is 12.6. The van der Waals surface area contributed by atoms with Crippen LogP contribution in [0.15, 0.2) is 6.07 Å². The zero-order valence-electron chi connectivity index (χ0n) is 16.5. The van der Waals surface area contributed by atoms with Crippen LogP contribution in [-0.4, -0.2) is 54.2 Å². The molecule has 2 fully saturated rings. The summed E-state index contributed by atoms with van der Waals surface area (Å²) in [5, 5.41) is 11.8. The molecule has 4 aliphatic rings. The summed E-state index contributed by atoms with van der Waals surface area (Å²) in [7, 11) is -0.693. The molecule has 0 aromatic heterocycles. The van der Waals surface area contributed by atoms with Crippen molar-refractivity contribution in [3.8, 4) is 11.5 Å². The fraction of sp³-hybridized carbons (Fsp3) is 0.611. The van der Waals surface area contributed by atoms with Crippen LogP contribution in [0.2, 0.25) is 0 Å². The number of nitrogen functional groups attached to an aromatic ring is 1. The van der Waals surface area contributed by atoms with Crippen molar-refractivity contribution in [1.29, 1.82) is 0 Å². The van der Waals surface area contributed by atoms with E-state index >= 15 is 0 Å². The minimum absolute atomic E-state index is 0.0163. The van der Waals surface area contributed by atoms with Crippen LogP contribution in [0.4, 0.5) is 5.69 Å². The normalized spacial score (nSPS) is 41.8. The van der Waals surface area contributed by atoms with Gasteiger partial charge in [-0.2, -0.15) is 0 Å². The molecule has 6 nitrogen and oxygen atoms in total. The van der Waals surface area contributed by atoms with Crippen molar-refractivity contribution in [3.05, 3.63) is 17.2 Å². The number of hydrogen-bond acceptors (Lipinski definition) is 6. The SMILES string of the molecule is [2H]C([2H])([2H])Oc1cc(N)c2c3c1O[C@H]1C(=O)CC[C@@]4(O)C(C2)N(C)CC[C@]314. The van der Waals surface area contributed by atoms with E-state index in [0.29, 0.717) is 37.1 Å². The monoisotopic (exact) mass is 333 g/mol. The highest BCUT2D eigenvalue weighted by Gasteiger charge is 2.73. The van der Waals surface area contributed by atoms with Gasteiger partial charge in [-0.15, -0.1) is 0 Å². The number of hydrogen-bond donors (Lipinski definition) is 2. The minimum atomic E-state index is -2.67. The highest BCUT2D eigenvalue weighted by Crippen LogP contribution is 2.65. The fourth-order valence-corrected chi connectivity index (χ4v) is 5.71. The van der Waals surface area contributed by atoms with E-state index < -0.39 is 24.2 Å². The molecule has 5 rings (SSSR count). The number of likely N-dealkylation sites (tertiary alicyclic amines) is 1. The Kier molecular flexibility index (Phi) is 2.07. The number of Topliss-reactive ketones (excluding diaryl/α,β-unsaturated/α-hetero) is 1. The second-order valence-electron chi connectivity index (χ2n) is 7.56. The molecule has 6 heteroatoms. The number of benzene rings is 1. The Morgan fingerprint density at radius 1 is 1.54 bits per heavy atom. The van der Waals surface area contributed by atoms with Gasteiger partial charge in [-0.25, -0.2) is 0 Å². The second kappa shape index (κ2) is 4.24. The minimum Gasteiger partial charge on any atom is -0.493 e. The van der Waals surface area contributed by atoms with Crippen LogP contribution in [0.5, 0.6) is 11.5 Å². The van der Waals surface area contributed by atoms with Crippen LogP contribution in [0.25, 0.3) is 0 Å². The van der Waals surface area contributed by atoms with Gasteiger partial charge in [0.05, 0.1) is 22.2 Å². The summed E-state index contributed by atoms with van der Waals surface area (Å²) in [4.78, 5) is 14.9. The first kappa shape index (κ1) is 11.7. The fourth-order valence-electron chi connectivity index (χ4n) is 5.71. The van der Waals surface area contributed by atoms with Crippen LogP contribution in [0.1, 0.15) is 34.5 Å². The van der Waals surface area contributed by atoms with Gasteiger partial charge in [-0.3, -0.25) is 4.79 Å². The molecular formula is C18H22N2O4. The van der Waals surface area contributed by atoms with Crippen molar-refractivity contribution in [2.75, 3.05) is 26.4 Å². The van der Waals surface area contributed by atoms with Crippen molar-refractivity contribution in [2.45, 2.75) is 48.8 Å². The highest BCUT2D eigenvalue weighted by molar-refractivity contribution is 5.90. The molecule has 1 aromatic rings. The first-order valence-electron chi connectivity index (χ1n) is 9.85. The Bertz CT molecular complexity index is 873. The summed E-state index contributed by atoms with van der Waals surface area (Å²) in [6.07, 6.45) is 0.846.